The molecule has 0 N–H and O–H groups in total. The van der Waals surface area contributed by atoms with E-state index in [4.69, 9.17) is 4.74 Å². The monoisotopic (exact) mass is 448 g/mol. The first-order valence-corrected chi connectivity index (χ1v) is 11.4. The average molecular weight is 449 g/mol. The highest BCUT2D eigenvalue weighted by Gasteiger charge is 2.38. The van der Waals surface area contributed by atoms with Crippen molar-refractivity contribution in [2.75, 3.05) is 31.1 Å². The Morgan fingerprint density at radius 3 is 2.53 bits per heavy atom. The van der Waals surface area contributed by atoms with Crippen molar-refractivity contribution in [2.24, 2.45) is 5.92 Å². The summed E-state index contributed by atoms with van der Waals surface area (Å²) < 4.78 is 49.1. The van der Waals surface area contributed by atoms with Crippen LogP contribution in [-0.4, -0.2) is 43.2 Å². The van der Waals surface area contributed by atoms with Crippen LogP contribution in [0.2, 0.25) is 0 Å². The molecule has 7 heteroatoms. The van der Waals surface area contributed by atoms with Gasteiger partial charge in [0.05, 0.1) is 12.3 Å². The van der Waals surface area contributed by atoms with Crippen molar-refractivity contribution in [3.63, 3.8) is 0 Å². The minimum atomic E-state index is -4.69. The van der Waals surface area contributed by atoms with Crippen LogP contribution < -0.4 is 9.64 Å². The van der Waals surface area contributed by atoms with Gasteiger partial charge in [0, 0.05) is 26.2 Å². The van der Waals surface area contributed by atoms with Crippen molar-refractivity contribution in [3.05, 3.63) is 60.2 Å². The molecule has 2 atom stereocenters. The van der Waals surface area contributed by atoms with Gasteiger partial charge in [-0.1, -0.05) is 42.5 Å². The van der Waals surface area contributed by atoms with E-state index in [1.165, 1.54) is 6.07 Å². The van der Waals surface area contributed by atoms with Gasteiger partial charge in [0.2, 0.25) is 0 Å². The van der Waals surface area contributed by atoms with E-state index in [0.29, 0.717) is 24.8 Å². The number of anilines is 1. The quantitative estimate of drug-likeness (QED) is 0.532. The third-order valence-electron chi connectivity index (χ3n) is 6.58. The van der Waals surface area contributed by atoms with Crippen LogP contribution in [0.1, 0.15) is 38.2 Å². The fraction of sp³-hybridized carbons (Fsp3) is 0.520. The fourth-order valence-electron chi connectivity index (χ4n) is 4.85. The first-order chi connectivity index (χ1) is 15.3. The number of likely N-dealkylation sites (tertiary alicyclic amines) is 1. The molecule has 2 saturated heterocycles. The summed E-state index contributed by atoms with van der Waals surface area (Å²) in [5, 5.41) is 0. The van der Waals surface area contributed by atoms with Crippen molar-refractivity contribution in [2.45, 2.75) is 51.3 Å². The van der Waals surface area contributed by atoms with E-state index < -0.39 is 6.36 Å². The molecule has 0 amide bonds. The van der Waals surface area contributed by atoms with Crippen molar-refractivity contribution < 1.29 is 22.6 Å². The zero-order valence-corrected chi connectivity index (χ0v) is 18.5. The summed E-state index contributed by atoms with van der Waals surface area (Å²) in [5.41, 5.74) is 1.35. The summed E-state index contributed by atoms with van der Waals surface area (Å²) in [5.74, 6) is 0.237. The Morgan fingerprint density at radius 1 is 1.00 bits per heavy atom. The van der Waals surface area contributed by atoms with Gasteiger partial charge in [-0.3, -0.25) is 4.90 Å². The number of hydrogen-bond donors (Lipinski definition) is 0. The molecule has 174 valence electrons. The second-order valence-corrected chi connectivity index (χ2v) is 8.97. The second kappa shape index (κ2) is 9.71. The number of nitrogens with zero attached hydrogens (tertiary/aromatic N) is 2. The molecular weight excluding hydrogens is 417 g/mol. The van der Waals surface area contributed by atoms with Gasteiger partial charge in [-0.2, -0.15) is 0 Å². The van der Waals surface area contributed by atoms with E-state index in [1.54, 1.807) is 18.2 Å². The summed E-state index contributed by atoms with van der Waals surface area (Å²) >= 11 is 0. The molecule has 0 aliphatic carbocycles. The van der Waals surface area contributed by atoms with Crippen LogP contribution in [0.4, 0.5) is 18.9 Å². The summed E-state index contributed by atoms with van der Waals surface area (Å²) in [6.07, 6.45) is -0.491. The Bertz CT molecular complexity index is 877. The molecule has 2 aromatic rings. The van der Waals surface area contributed by atoms with Crippen molar-refractivity contribution in [3.8, 4) is 5.75 Å². The Balaban J connectivity index is 1.39. The standard InChI is InChI=1S/C25H31F3N2O2/c1-24(31-19-20-9-3-2-4-10-20)14-7-8-15-30(24)18-21-13-16-29(17-21)22-11-5-6-12-23(22)32-25(26,27)28/h2-6,9-12,21H,7-8,13-19H2,1H3. The van der Waals surface area contributed by atoms with Gasteiger partial charge >= 0.3 is 6.36 Å². The number of rotatable bonds is 7. The van der Waals surface area contributed by atoms with Crippen molar-refractivity contribution >= 4 is 5.69 Å². The lowest BCUT2D eigenvalue weighted by atomic mass is 9.97. The van der Waals surface area contributed by atoms with Gasteiger partial charge in [0.15, 0.2) is 5.75 Å². The zero-order chi connectivity index (χ0) is 22.6. The highest BCUT2D eigenvalue weighted by molar-refractivity contribution is 5.59. The van der Waals surface area contributed by atoms with Crippen LogP contribution in [0.5, 0.6) is 5.75 Å². The van der Waals surface area contributed by atoms with E-state index in [1.807, 2.05) is 23.1 Å². The molecule has 2 fully saturated rings. The molecule has 0 aromatic heterocycles. The number of ether oxygens (including phenoxy) is 2. The number of piperidine rings is 1. The van der Waals surface area contributed by atoms with Gasteiger partial charge in [0.25, 0.3) is 0 Å². The normalized spacial score (nSPS) is 24.6. The lowest BCUT2D eigenvalue weighted by Crippen LogP contribution is -2.53. The predicted octanol–water partition coefficient (Wildman–Crippen LogP) is 5.83. The number of hydrogen-bond acceptors (Lipinski definition) is 4. The molecule has 0 spiro atoms. The maximum Gasteiger partial charge on any atom is 0.573 e. The molecule has 0 radical (unpaired) electrons. The van der Waals surface area contributed by atoms with Gasteiger partial charge < -0.3 is 14.4 Å². The Labute approximate surface area is 187 Å². The average Bonchev–Trinajstić information content (AvgIpc) is 3.23. The summed E-state index contributed by atoms with van der Waals surface area (Å²) in [6, 6.07) is 16.6. The molecule has 4 rings (SSSR count). The molecule has 0 bridgehead atoms. The van der Waals surface area contributed by atoms with E-state index >= 15 is 0 Å². The molecular formula is C25H31F3N2O2. The van der Waals surface area contributed by atoms with Crippen LogP contribution >= 0.6 is 0 Å². The summed E-state index contributed by atoms with van der Waals surface area (Å²) in [6.45, 7) is 6.04. The molecule has 2 unspecified atom stereocenters. The molecule has 2 heterocycles. The smallest absolute Gasteiger partial charge is 0.404 e. The van der Waals surface area contributed by atoms with Crippen LogP contribution in [0.15, 0.2) is 54.6 Å². The van der Waals surface area contributed by atoms with Crippen LogP contribution in [-0.2, 0) is 11.3 Å². The summed E-state index contributed by atoms with van der Waals surface area (Å²) in [4.78, 5) is 4.45. The minimum Gasteiger partial charge on any atom is -0.404 e. The SMILES string of the molecule is CC1(OCc2ccccc2)CCCCN1CC1CCN(c2ccccc2OC(F)(F)F)C1. The second-order valence-electron chi connectivity index (χ2n) is 8.97. The van der Waals surface area contributed by atoms with Gasteiger partial charge in [0.1, 0.15) is 5.72 Å². The number of alkyl halides is 3. The predicted molar refractivity (Wildman–Crippen MR) is 119 cm³/mol. The van der Waals surface area contributed by atoms with E-state index in [2.05, 4.69) is 28.7 Å². The molecule has 2 aromatic carbocycles. The topological polar surface area (TPSA) is 24.9 Å². The largest absolute Gasteiger partial charge is 0.573 e. The maximum atomic E-state index is 12.8. The Hall–Kier alpha value is -2.25. The lowest BCUT2D eigenvalue weighted by molar-refractivity contribution is -0.274. The van der Waals surface area contributed by atoms with Gasteiger partial charge in [-0.15, -0.1) is 13.2 Å². The first kappa shape index (κ1) is 22.9. The Kier molecular flexibility index (Phi) is 6.96. The minimum absolute atomic E-state index is 0.130. The third kappa shape index (κ3) is 5.75. The highest BCUT2D eigenvalue weighted by atomic mass is 19.4. The zero-order valence-electron chi connectivity index (χ0n) is 18.5. The molecule has 0 saturated carbocycles. The van der Waals surface area contributed by atoms with Gasteiger partial charge in [-0.05, 0) is 56.2 Å². The van der Waals surface area contributed by atoms with Crippen molar-refractivity contribution in [1.82, 2.24) is 4.90 Å². The lowest BCUT2D eigenvalue weighted by Gasteiger charge is -2.45. The fourth-order valence-corrected chi connectivity index (χ4v) is 4.85. The van der Waals surface area contributed by atoms with E-state index in [0.717, 1.165) is 50.9 Å². The highest BCUT2D eigenvalue weighted by Crippen LogP contribution is 2.37. The molecule has 2 aliphatic rings. The summed E-state index contributed by atoms with van der Waals surface area (Å²) in [7, 11) is 0. The first-order valence-electron chi connectivity index (χ1n) is 11.4. The Morgan fingerprint density at radius 2 is 1.75 bits per heavy atom. The van der Waals surface area contributed by atoms with E-state index in [9.17, 15) is 13.2 Å². The molecule has 4 nitrogen and oxygen atoms in total. The third-order valence-corrected chi connectivity index (χ3v) is 6.58. The van der Waals surface area contributed by atoms with Crippen molar-refractivity contribution in [1.29, 1.82) is 0 Å². The maximum absolute atomic E-state index is 12.8. The van der Waals surface area contributed by atoms with Crippen LogP contribution in [0, 0.1) is 5.92 Å². The van der Waals surface area contributed by atoms with E-state index in [-0.39, 0.29) is 11.5 Å². The molecule has 32 heavy (non-hydrogen) atoms. The molecule has 2 aliphatic heterocycles. The van der Waals surface area contributed by atoms with Crippen LogP contribution in [0.3, 0.4) is 0 Å². The number of benzene rings is 2. The van der Waals surface area contributed by atoms with Gasteiger partial charge in [-0.25, -0.2) is 0 Å². The number of para-hydroxylation sites is 2. The van der Waals surface area contributed by atoms with Crippen LogP contribution in [0.25, 0.3) is 0 Å². The number of halogens is 3.